The van der Waals surface area contributed by atoms with Gasteiger partial charge >= 0.3 is 119 Å². The second-order valence-corrected chi connectivity index (χ2v) is 34.0. The van der Waals surface area contributed by atoms with Crippen molar-refractivity contribution in [1.82, 2.24) is 0 Å². The molecule has 15 rings (SSSR count). The van der Waals surface area contributed by atoms with Gasteiger partial charge in [-0.3, -0.25) is 0 Å². The second-order valence-electron chi connectivity index (χ2n) is 28.3. The fourth-order valence-corrected chi connectivity index (χ4v) is 13.5. The maximum absolute atomic E-state index is 10.7. The third kappa shape index (κ3) is 30.5. The molecule has 614 valence electrons. The summed E-state index contributed by atoms with van der Waals surface area (Å²) in [5.74, 6) is 0. The van der Waals surface area contributed by atoms with Crippen molar-refractivity contribution >= 4 is 144 Å². The summed E-state index contributed by atoms with van der Waals surface area (Å²) in [5.41, 5.74) is 33.1. The van der Waals surface area contributed by atoms with Gasteiger partial charge in [-0.15, -0.1) is 0 Å². The van der Waals surface area contributed by atoms with Crippen molar-refractivity contribution in [2.24, 2.45) is 30.0 Å². The number of hydrogen-bond acceptors (Lipinski definition) is 8. The molecule has 0 aromatic heterocycles. The van der Waals surface area contributed by atoms with E-state index < -0.39 is 23.4 Å². The second kappa shape index (κ2) is 33.8. The zero-order valence-electron chi connectivity index (χ0n) is 66.1. The summed E-state index contributed by atoms with van der Waals surface area (Å²) in [5, 5.41) is 22.0. The van der Waals surface area contributed by atoms with Crippen LogP contribution in [0.3, 0.4) is 0 Å². The van der Waals surface area contributed by atoms with Crippen LogP contribution in [0.5, 0.6) is 0 Å². The van der Waals surface area contributed by atoms with Crippen LogP contribution in [-0.4, -0.2) is 54.1 Å². The normalized spacial score (nSPS) is 16.1. The van der Waals surface area contributed by atoms with E-state index >= 15 is 0 Å². The third-order valence-electron chi connectivity index (χ3n) is 16.6. The largest absolute Gasteiger partial charge is 3.00 e. The van der Waals surface area contributed by atoms with Crippen LogP contribution >= 0.6 is 23.4 Å². The van der Waals surface area contributed by atoms with Gasteiger partial charge in [-0.05, 0) is 239 Å². The van der Waals surface area contributed by atoms with E-state index in [1.165, 1.54) is 113 Å². The number of nitrogens with zero attached hydrogens (tertiary/aromatic N) is 8. The van der Waals surface area contributed by atoms with Crippen molar-refractivity contribution in [1.29, 1.82) is 10.5 Å². The first-order valence-corrected chi connectivity index (χ1v) is 41.6. The SMILES string of the molecule is CC#N.CC#N.Cc1cc(C)cc(N=C2C(=Nc3cc(C)cc(C)c3)c3cccc4cccc2c34)c1.Cc1cc(C)cc(N=C2C(=Nc3cc(C)cc(C)c3)c3cccc4cccc2c34)c1.Cc1cc(C)cc(N=C2C(=Nc3cc(C)cc(C)c3)c3cccc4cccc2c34)c1.F[P-](F)(F)(F)(F)F.F[P-](F)(F)(F)(F)F.F[P-](F)(F)(F)(F)F.[Ga+3]. The van der Waals surface area contributed by atoms with Crippen molar-refractivity contribution in [3.63, 3.8) is 0 Å². The molecular weight excluding hydrogens is 1670 g/mol. The Balaban J connectivity index is 0.000000210. The van der Waals surface area contributed by atoms with E-state index in [1.807, 2.05) is 0 Å². The van der Waals surface area contributed by atoms with Gasteiger partial charge in [-0.25, -0.2) is 30.0 Å². The number of benzene rings is 12. The zero-order valence-corrected chi connectivity index (χ0v) is 71.2. The molecule has 0 amide bonds. The monoisotopic (exact) mass is 1750 g/mol. The maximum atomic E-state index is 9.87. The molecule has 12 aromatic carbocycles. The summed E-state index contributed by atoms with van der Waals surface area (Å²) in [6.45, 7) is 28.3. The molecule has 3 aliphatic carbocycles. The van der Waals surface area contributed by atoms with Gasteiger partial charge in [0.25, 0.3) is 0 Å². The van der Waals surface area contributed by atoms with Gasteiger partial charge in [0.1, 0.15) is 0 Å². The average Bonchev–Trinajstić information content (AvgIpc) is 1.59. The summed E-state index contributed by atoms with van der Waals surface area (Å²) in [4.78, 5) is 30.8. The molecule has 0 radical (unpaired) electrons. The van der Waals surface area contributed by atoms with E-state index in [0.717, 1.165) is 102 Å². The Labute approximate surface area is 683 Å². The number of nitriles is 2. The van der Waals surface area contributed by atoms with Gasteiger partial charge in [-0.1, -0.05) is 146 Å². The molecule has 0 N–H and O–H groups in total. The topological polar surface area (TPSA) is 122 Å². The Morgan fingerprint density at radius 2 is 0.314 bits per heavy atom. The first-order valence-electron chi connectivity index (χ1n) is 35.5. The molecule has 12 aromatic rings. The predicted octanol–water partition coefficient (Wildman–Crippen LogP) is 32.8. The standard InChI is InChI=1S/3C28H24N2.2C2H3N.3F6P.Ga/c3*1-17-11-18(2)14-22(13-17)29-27-24-9-5-7-21-8-6-10-25(26(21)24)28(27)30-23-15-19(3)12-20(4)16-23;2*1-2-3;3*1-7(2,3,4,5)6;/h3*5-16H,1-4H3;2*1H3;;;;/q;;;;;3*-1;+3. The molecule has 0 bridgehead atoms. The van der Waals surface area contributed by atoms with Gasteiger partial charge in [0.2, 0.25) is 0 Å². The molecule has 0 saturated carbocycles. The molecule has 3 aliphatic rings. The van der Waals surface area contributed by atoms with Crippen molar-refractivity contribution in [2.45, 2.75) is 96.9 Å². The molecule has 118 heavy (non-hydrogen) atoms. The maximum Gasteiger partial charge on any atom is 3.00 e. The van der Waals surface area contributed by atoms with E-state index in [9.17, 15) is 75.5 Å². The van der Waals surface area contributed by atoms with Crippen LogP contribution in [0, 0.1) is 106 Å². The van der Waals surface area contributed by atoms with Crippen LogP contribution in [0.15, 0.2) is 248 Å². The van der Waals surface area contributed by atoms with Gasteiger partial charge in [0, 0.05) is 63.4 Å². The predicted molar refractivity (Wildman–Crippen MR) is 454 cm³/mol. The molecule has 0 atom stereocenters. The van der Waals surface area contributed by atoms with Crippen molar-refractivity contribution in [2.75, 3.05) is 0 Å². The Morgan fingerprint density at radius 1 is 0.212 bits per heavy atom. The fraction of sp³-hybridized carbons (Fsp3) is 0.159. The van der Waals surface area contributed by atoms with Crippen LogP contribution in [-0.2, 0) is 0 Å². The molecule has 0 heterocycles. The van der Waals surface area contributed by atoms with Gasteiger partial charge < -0.3 is 0 Å². The van der Waals surface area contributed by atoms with Crippen molar-refractivity contribution in [3.8, 4) is 12.1 Å². The number of rotatable bonds is 6. The summed E-state index contributed by atoms with van der Waals surface area (Å²) < 4.78 is 178. The van der Waals surface area contributed by atoms with Crippen LogP contribution in [0.2, 0.25) is 0 Å². The smallest absolute Gasteiger partial charge is 3.00 e. The molecule has 30 heteroatoms. The number of halogens is 18. The van der Waals surface area contributed by atoms with E-state index in [2.05, 4.69) is 301 Å². The van der Waals surface area contributed by atoms with Crippen molar-refractivity contribution in [3.05, 3.63) is 319 Å². The zero-order chi connectivity index (χ0) is 87.1. The van der Waals surface area contributed by atoms with E-state index in [1.54, 1.807) is 12.1 Å². The van der Waals surface area contributed by atoms with E-state index in [-0.39, 0.29) is 19.8 Å². The molecule has 8 nitrogen and oxygen atoms in total. The Hall–Kier alpha value is -10.9. The minimum Gasteiger partial charge on any atom is 3.00 e. The van der Waals surface area contributed by atoms with Crippen molar-refractivity contribution < 1.29 is 75.5 Å². The minimum atomic E-state index is -10.7. The number of aryl methyl sites for hydroxylation is 12. The summed E-state index contributed by atoms with van der Waals surface area (Å²) >= 11 is 0. The number of hydrogen-bond donors (Lipinski definition) is 0. The summed E-state index contributed by atoms with van der Waals surface area (Å²) in [6.07, 6.45) is 0. The van der Waals surface area contributed by atoms with Crippen LogP contribution in [0.25, 0.3) is 32.3 Å². The third-order valence-corrected chi connectivity index (χ3v) is 16.6. The Morgan fingerprint density at radius 3 is 0.415 bits per heavy atom. The first kappa shape index (κ1) is 94.2. The molecule has 0 saturated heterocycles. The van der Waals surface area contributed by atoms with Crippen LogP contribution in [0.1, 0.15) is 114 Å². The fourth-order valence-electron chi connectivity index (χ4n) is 13.5. The van der Waals surface area contributed by atoms with Crippen LogP contribution < -0.4 is 0 Å². The number of aliphatic imine (C=N–C) groups is 6. The molecule has 0 fully saturated rings. The summed E-state index contributed by atoms with van der Waals surface area (Å²) in [7, 11) is -32.0. The van der Waals surface area contributed by atoms with E-state index in [4.69, 9.17) is 40.5 Å². The molecule has 0 unspecified atom stereocenters. The van der Waals surface area contributed by atoms with Gasteiger partial charge in [-0.2, -0.15) is 10.5 Å². The van der Waals surface area contributed by atoms with Gasteiger partial charge in [0.05, 0.1) is 80.5 Å². The quantitative estimate of drug-likeness (QED) is 0.0935. The minimum absolute atomic E-state index is 0. The van der Waals surface area contributed by atoms with E-state index in [0.29, 0.717) is 0 Å². The molecule has 0 aliphatic heterocycles. The Kier molecular flexibility index (Phi) is 27.0. The van der Waals surface area contributed by atoms with Gasteiger partial charge in [0.15, 0.2) is 0 Å². The van der Waals surface area contributed by atoms with Crippen LogP contribution in [0.4, 0.5) is 110 Å². The molecular formula is C88H78F18GaN8P3. The average molecular weight is 1750 g/mol. The molecule has 0 spiro atoms. The first-order chi connectivity index (χ1) is 53.6. The summed E-state index contributed by atoms with van der Waals surface area (Å²) in [6, 6.07) is 80.8. The Bertz CT molecular complexity index is 5160.